The number of carbonyl (C=O) groups is 1. The van der Waals surface area contributed by atoms with Crippen LogP contribution >= 0.6 is 0 Å². The molecule has 2 heterocycles. The molecule has 96 valence electrons. The Morgan fingerprint density at radius 3 is 3.00 bits per heavy atom. The highest BCUT2D eigenvalue weighted by Crippen LogP contribution is 2.31. The highest BCUT2D eigenvalue weighted by atomic mass is 16.2. The van der Waals surface area contributed by atoms with Crippen LogP contribution in [0.3, 0.4) is 0 Å². The first kappa shape index (κ1) is 12.8. The van der Waals surface area contributed by atoms with Gasteiger partial charge in [0.1, 0.15) is 0 Å². The van der Waals surface area contributed by atoms with Crippen molar-refractivity contribution in [1.29, 1.82) is 0 Å². The first-order chi connectivity index (χ1) is 8.74. The van der Waals surface area contributed by atoms with Gasteiger partial charge in [-0.05, 0) is 37.0 Å². The number of pyridine rings is 1. The zero-order chi connectivity index (χ0) is 13.0. The van der Waals surface area contributed by atoms with Crippen LogP contribution in [-0.2, 0) is 4.79 Å². The third-order valence-corrected chi connectivity index (χ3v) is 3.36. The van der Waals surface area contributed by atoms with Gasteiger partial charge in [0.15, 0.2) is 0 Å². The zero-order valence-electron chi connectivity index (χ0n) is 10.5. The van der Waals surface area contributed by atoms with Crippen LogP contribution in [0.25, 0.3) is 0 Å². The zero-order valence-corrected chi connectivity index (χ0v) is 10.5. The minimum atomic E-state index is -0.468. The molecule has 0 spiro atoms. The molecule has 18 heavy (non-hydrogen) atoms. The molecule has 4 nitrogen and oxygen atoms in total. The Hall–Kier alpha value is -1.68. The first-order valence-corrected chi connectivity index (χ1v) is 6.31. The van der Waals surface area contributed by atoms with Crippen LogP contribution < -0.4 is 5.73 Å². The topological polar surface area (TPSA) is 59.2 Å². The lowest BCUT2D eigenvalue weighted by Gasteiger charge is -2.27. The Bertz CT molecular complexity index is 418. The summed E-state index contributed by atoms with van der Waals surface area (Å²) in [5.74, 6) is 0.0224. The smallest absolute Gasteiger partial charge is 0.240 e. The fourth-order valence-corrected chi connectivity index (χ4v) is 2.46. The van der Waals surface area contributed by atoms with Crippen LogP contribution in [-0.4, -0.2) is 28.4 Å². The predicted molar refractivity (Wildman–Crippen MR) is 70.7 cm³/mol. The number of hydrogen-bond acceptors (Lipinski definition) is 3. The molecule has 0 aromatic carbocycles. The summed E-state index contributed by atoms with van der Waals surface area (Å²) in [4.78, 5) is 18.2. The van der Waals surface area contributed by atoms with E-state index in [1.807, 2.05) is 17.0 Å². The van der Waals surface area contributed by atoms with Crippen molar-refractivity contribution in [2.45, 2.75) is 31.3 Å². The SMILES string of the molecule is C=CCC(N)C(=O)N1CCCC1c1ccncc1. The number of carbonyl (C=O) groups excluding carboxylic acids is 1. The highest BCUT2D eigenvalue weighted by molar-refractivity contribution is 5.82. The molecule has 1 aliphatic heterocycles. The summed E-state index contributed by atoms with van der Waals surface area (Å²) >= 11 is 0. The molecular weight excluding hydrogens is 226 g/mol. The van der Waals surface area contributed by atoms with Gasteiger partial charge in [-0.1, -0.05) is 6.08 Å². The fourth-order valence-electron chi connectivity index (χ4n) is 2.46. The van der Waals surface area contributed by atoms with Gasteiger partial charge < -0.3 is 10.6 Å². The second kappa shape index (κ2) is 5.78. The van der Waals surface area contributed by atoms with Gasteiger partial charge in [-0.15, -0.1) is 6.58 Å². The molecule has 1 aromatic heterocycles. The largest absolute Gasteiger partial charge is 0.334 e. The van der Waals surface area contributed by atoms with Crippen LogP contribution in [0.5, 0.6) is 0 Å². The Kier molecular flexibility index (Phi) is 4.10. The van der Waals surface area contributed by atoms with Crippen LogP contribution in [0, 0.1) is 0 Å². The molecule has 2 atom stereocenters. The van der Waals surface area contributed by atoms with E-state index in [9.17, 15) is 4.79 Å². The normalized spacial score (nSPS) is 20.7. The Labute approximate surface area is 108 Å². The summed E-state index contributed by atoms with van der Waals surface area (Å²) in [6.45, 7) is 4.42. The van der Waals surface area contributed by atoms with E-state index in [2.05, 4.69) is 11.6 Å². The molecule has 1 fully saturated rings. The molecule has 0 aliphatic carbocycles. The number of hydrogen-bond donors (Lipinski definition) is 1. The van der Waals surface area contributed by atoms with E-state index in [0.717, 1.165) is 24.9 Å². The lowest BCUT2D eigenvalue weighted by Crippen LogP contribution is -2.43. The summed E-state index contributed by atoms with van der Waals surface area (Å²) < 4.78 is 0. The number of likely N-dealkylation sites (tertiary alicyclic amines) is 1. The van der Waals surface area contributed by atoms with Crippen molar-refractivity contribution in [2.75, 3.05) is 6.54 Å². The van der Waals surface area contributed by atoms with Crippen LogP contribution in [0.2, 0.25) is 0 Å². The van der Waals surface area contributed by atoms with E-state index < -0.39 is 6.04 Å². The average molecular weight is 245 g/mol. The van der Waals surface area contributed by atoms with Crippen LogP contribution in [0.4, 0.5) is 0 Å². The molecule has 2 unspecified atom stereocenters. The lowest BCUT2D eigenvalue weighted by atomic mass is 10.1. The number of aromatic nitrogens is 1. The van der Waals surface area contributed by atoms with Crippen molar-refractivity contribution in [3.8, 4) is 0 Å². The van der Waals surface area contributed by atoms with Gasteiger partial charge >= 0.3 is 0 Å². The second-order valence-electron chi connectivity index (χ2n) is 4.60. The van der Waals surface area contributed by atoms with Crippen molar-refractivity contribution < 1.29 is 4.79 Å². The summed E-state index contributed by atoms with van der Waals surface area (Å²) in [6, 6.07) is 3.62. The summed E-state index contributed by atoms with van der Waals surface area (Å²) in [7, 11) is 0. The third-order valence-electron chi connectivity index (χ3n) is 3.36. The molecule has 1 aliphatic rings. The van der Waals surface area contributed by atoms with Gasteiger partial charge in [0.25, 0.3) is 0 Å². The highest BCUT2D eigenvalue weighted by Gasteiger charge is 2.31. The van der Waals surface area contributed by atoms with Gasteiger partial charge in [0, 0.05) is 18.9 Å². The van der Waals surface area contributed by atoms with Crippen molar-refractivity contribution in [2.24, 2.45) is 5.73 Å². The van der Waals surface area contributed by atoms with Gasteiger partial charge in [-0.2, -0.15) is 0 Å². The standard InChI is InChI=1S/C14H19N3O/c1-2-4-12(15)14(18)17-10-3-5-13(17)11-6-8-16-9-7-11/h2,6-9,12-13H,1,3-5,10,15H2. The lowest BCUT2D eigenvalue weighted by molar-refractivity contribution is -0.133. The molecular formula is C14H19N3O. The molecule has 1 amide bonds. The van der Waals surface area contributed by atoms with Gasteiger partial charge in [0.2, 0.25) is 5.91 Å². The van der Waals surface area contributed by atoms with Crippen molar-refractivity contribution in [1.82, 2.24) is 9.88 Å². The number of nitrogens with zero attached hydrogens (tertiary/aromatic N) is 2. The van der Waals surface area contributed by atoms with Crippen molar-refractivity contribution >= 4 is 5.91 Å². The Balaban J connectivity index is 2.13. The van der Waals surface area contributed by atoms with Crippen LogP contribution in [0.15, 0.2) is 37.2 Å². The number of amides is 1. The minimum Gasteiger partial charge on any atom is -0.334 e. The first-order valence-electron chi connectivity index (χ1n) is 6.31. The summed E-state index contributed by atoms with van der Waals surface area (Å²) in [5, 5.41) is 0. The Morgan fingerprint density at radius 1 is 1.61 bits per heavy atom. The van der Waals surface area contributed by atoms with Gasteiger partial charge in [-0.3, -0.25) is 9.78 Å². The maximum absolute atomic E-state index is 12.3. The van der Waals surface area contributed by atoms with E-state index in [4.69, 9.17) is 5.73 Å². The maximum Gasteiger partial charge on any atom is 0.240 e. The van der Waals surface area contributed by atoms with Crippen molar-refractivity contribution in [3.63, 3.8) is 0 Å². The van der Waals surface area contributed by atoms with E-state index in [1.54, 1.807) is 18.5 Å². The predicted octanol–water partition coefficient (Wildman–Crippen LogP) is 1.65. The number of rotatable bonds is 4. The fraction of sp³-hybridized carbons (Fsp3) is 0.429. The van der Waals surface area contributed by atoms with E-state index >= 15 is 0 Å². The molecule has 1 saturated heterocycles. The summed E-state index contributed by atoms with van der Waals surface area (Å²) in [5.41, 5.74) is 7.01. The second-order valence-corrected chi connectivity index (χ2v) is 4.60. The van der Waals surface area contributed by atoms with Gasteiger partial charge in [-0.25, -0.2) is 0 Å². The average Bonchev–Trinajstić information content (AvgIpc) is 2.88. The quantitative estimate of drug-likeness (QED) is 0.820. The minimum absolute atomic E-state index is 0.0224. The van der Waals surface area contributed by atoms with Crippen molar-refractivity contribution in [3.05, 3.63) is 42.7 Å². The summed E-state index contributed by atoms with van der Waals surface area (Å²) in [6.07, 6.45) is 7.77. The molecule has 0 radical (unpaired) electrons. The maximum atomic E-state index is 12.3. The van der Waals surface area contributed by atoms with E-state index in [0.29, 0.717) is 6.42 Å². The molecule has 0 bridgehead atoms. The molecule has 4 heteroatoms. The molecule has 2 N–H and O–H groups in total. The number of nitrogens with two attached hydrogens (primary N) is 1. The van der Waals surface area contributed by atoms with E-state index in [-0.39, 0.29) is 11.9 Å². The van der Waals surface area contributed by atoms with E-state index in [1.165, 1.54) is 0 Å². The Morgan fingerprint density at radius 2 is 2.33 bits per heavy atom. The van der Waals surface area contributed by atoms with Gasteiger partial charge in [0.05, 0.1) is 12.1 Å². The molecule has 2 rings (SSSR count). The monoisotopic (exact) mass is 245 g/mol. The third kappa shape index (κ3) is 2.59. The van der Waals surface area contributed by atoms with Crippen LogP contribution in [0.1, 0.15) is 30.9 Å². The molecule has 1 aromatic rings. The molecule has 0 saturated carbocycles.